The van der Waals surface area contributed by atoms with E-state index in [0.29, 0.717) is 16.5 Å². The predicted octanol–water partition coefficient (Wildman–Crippen LogP) is 4.30. The monoisotopic (exact) mass is 456 g/mol. The van der Waals surface area contributed by atoms with Gasteiger partial charge in [0.1, 0.15) is 0 Å². The number of hydrogen-bond donors (Lipinski definition) is 0. The fraction of sp³-hybridized carbons (Fsp3) is 0.0952. The predicted molar refractivity (Wildman–Crippen MR) is 114 cm³/mol. The number of halogens is 3. The van der Waals surface area contributed by atoms with Crippen LogP contribution in [0.4, 0.5) is 18.9 Å². The van der Waals surface area contributed by atoms with Crippen LogP contribution < -0.4 is 5.01 Å². The summed E-state index contributed by atoms with van der Waals surface area (Å²) >= 11 is 1.04. The molecule has 7 nitrogen and oxygen atoms in total. The molecule has 0 bridgehead atoms. The van der Waals surface area contributed by atoms with Crippen molar-refractivity contribution in [1.82, 2.24) is 19.6 Å². The lowest BCUT2D eigenvalue weighted by Crippen LogP contribution is -2.28. The van der Waals surface area contributed by atoms with Crippen LogP contribution in [0.2, 0.25) is 0 Å². The van der Waals surface area contributed by atoms with Crippen LogP contribution in [0.1, 0.15) is 11.1 Å². The van der Waals surface area contributed by atoms with E-state index in [1.165, 1.54) is 22.9 Å². The zero-order valence-electron chi connectivity index (χ0n) is 16.3. The maximum Gasteiger partial charge on any atom is 0.416 e. The number of amides is 1. The van der Waals surface area contributed by atoms with Crippen LogP contribution >= 0.6 is 11.8 Å². The van der Waals surface area contributed by atoms with E-state index < -0.39 is 17.6 Å². The highest BCUT2D eigenvalue weighted by Crippen LogP contribution is 2.32. The van der Waals surface area contributed by atoms with Crippen LogP contribution in [0.25, 0.3) is 5.78 Å². The molecule has 4 aromatic rings. The van der Waals surface area contributed by atoms with Gasteiger partial charge in [-0.25, -0.2) is 14.5 Å². The Bertz CT molecular complexity index is 1230. The Labute approximate surface area is 184 Å². The number of carbonyl (C=O) groups is 1. The Morgan fingerprint density at radius 3 is 2.69 bits per heavy atom. The molecule has 2 heterocycles. The highest BCUT2D eigenvalue weighted by molar-refractivity contribution is 7.99. The lowest BCUT2D eigenvalue weighted by atomic mass is 10.2. The first kappa shape index (κ1) is 21.5. The van der Waals surface area contributed by atoms with Crippen molar-refractivity contribution in [1.29, 1.82) is 0 Å². The van der Waals surface area contributed by atoms with Crippen molar-refractivity contribution in [3.05, 3.63) is 84.2 Å². The molecule has 0 unspecified atom stereocenters. The van der Waals surface area contributed by atoms with Crippen molar-refractivity contribution >= 4 is 35.3 Å². The molecule has 0 atom stereocenters. The third kappa shape index (κ3) is 5.11. The van der Waals surface area contributed by atoms with Crippen LogP contribution in [0.15, 0.2) is 83.3 Å². The van der Waals surface area contributed by atoms with Gasteiger partial charge >= 0.3 is 6.18 Å². The molecule has 1 amide bonds. The van der Waals surface area contributed by atoms with E-state index in [-0.39, 0.29) is 11.4 Å². The number of anilines is 1. The fourth-order valence-electron chi connectivity index (χ4n) is 2.71. The van der Waals surface area contributed by atoms with E-state index in [9.17, 15) is 18.0 Å². The van der Waals surface area contributed by atoms with Crippen molar-refractivity contribution in [2.75, 3.05) is 10.8 Å². The summed E-state index contributed by atoms with van der Waals surface area (Å²) in [6.45, 7) is 0. The van der Waals surface area contributed by atoms with Gasteiger partial charge in [0, 0.05) is 12.4 Å². The number of thioether (sulfide) groups is 1. The van der Waals surface area contributed by atoms with Gasteiger partial charge in [-0.05, 0) is 29.8 Å². The molecule has 162 valence electrons. The van der Waals surface area contributed by atoms with Crippen LogP contribution in [0.3, 0.4) is 0 Å². The van der Waals surface area contributed by atoms with E-state index >= 15 is 0 Å². The van der Waals surface area contributed by atoms with Crippen LogP contribution in [0.5, 0.6) is 0 Å². The Hall–Kier alpha value is -3.73. The van der Waals surface area contributed by atoms with Gasteiger partial charge in [-0.2, -0.15) is 23.3 Å². The summed E-state index contributed by atoms with van der Waals surface area (Å²) in [6, 6.07) is 15.1. The van der Waals surface area contributed by atoms with Crippen molar-refractivity contribution in [2.24, 2.45) is 5.10 Å². The number of fused-ring (bicyclic) bond motifs is 1. The van der Waals surface area contributed by atoms with Gasteiger partial charge in [-0.3, -0.25) is 4.79 Å². The first-order chi connectivity index (χ1) is 15.4. The van der Waals surface area contributed by atoms with Crippen molar-refractivity contribution < 1.29 is 18.0 Å². The second-order valence-electron chi connectivity index (χ2n) is 6.46. The Kier molecular flexibility index (Phi) is 6.17. The van der Waals surface area contributed by atoms with Crippen LogP contribution in [-0.2, 0) is 11.0 Å². The number of carbonyl (C=O) groups excluding carboxylic acids is 1. The van der Waals surface area contributed by atoms with Gasteiger partial charge in [0.05, 0.1) is 23.2 Å². The third-order valence-electron chi connectivity index (χ3n) is 4.20. The summed E-state index contributed by atoms with van der Waals surface area (Å²) in [6.07, 6.45) is 0.101. The van der Waals surface area contributed by atoms with Gasteiger partial charge in [-0.1, -0.05) is 48.2 Å². The second-order valence-corrected chi connectivity index (χ2v) is 7.40. The summed E-state index contributed by atoms with van der Waals surface area (Å²) in [5, 5.41) is 9.63. The average Bonchev–Trinajstić information content (AvgIpc) is 3.21. The van der Waals surface area contributed by atoms with Crippen molar-refractivity contribution in [3.8, 4) is 0 Å². The molecule has 11 heteroatoms. The van der Waals surface area contributed by atoms with Gasteiger partial charge in [0.15, 0.2) is 0 Å². The normalized spacial score (nSPS) is 11.8. The van der Waals surface area contributed by atoms with Crippen molar-refractivity contribution in [2.45, 2.75) is 11.3 Å². The summed E-state index contributed by atoms with van der Waals surface area (Å²) in [5.41, 5.74) is -0.177. The maximum absolute atomic E-state index is 13.2. The molecule has 2 aromatic heterocycles. The fourth-order valence-corrected chi connectivity index (χ4v) is 3.38. The third-order valence-corrected chi connectivity index (χ3v) is 5.02. The Morgan fingerprint density at radius 2 is 1.94 bits per heavy atom. The molecule has 0 fully saturated rings. The number of hydrogen-bond acceptors (Lipinski definition) is 6. The summed E-state index contributed by atoms with van der Waals surface area (Å²) < 4.78 is 41.0. The molecule has 0 N–H and O–H groups in total. The minimum absolute atomic E-state index is 0.00207. The van der Waals surface area contributed by atoms with Gasteiger partial charge in [0.2, 0.25) is 5.16 Å². The standard InChI is InChI=1S/C21H15F3N6OS/c22-21(23,24)16-8-4-9-17(12-16)30(26-13-15-6-2-1-3-7-15)18(31)14-32-20-27-19-25-10-5-11-29(19)28-20/h1-13H,14H2/b26-13+. The molecule has 0 aliphatic carbocycles. The van der Waals surface area contributed by atoms with E-state index in [1.807, 2.05) is 6.07 Å². The molecule has 0 aliphatic rings. The lowest BCUT2D eigenvalue weighted by Gasteiger charge is -2.18. The summed E-state index contributed by atoms with van der Waals surface area (Å²) in [5.74, 6) is -0.299. The van der Waals surface area contributed by atoms with Crippen molar-refractivity contribution in [3.63, 3.8) is 0 Å². The minimum Gasteiger partial charge on any atom is -0.272 e. The van der Waals surface area contributed by atoms with E-state index in [2.05, 4.69) is 20.2 Å². The van der Waals surface area contributed by atoms with E-state index in [1.54, 1.807) is 42.7 Å². The zero-order chi connectivity index (χ0) is 22.6. The first-order valence-electron chi connectivity index (χ1n) is 9.29. The second kappa shape index (κ2) is 9.18. The number of aromatic nitrogens is 4. The largest absolute Gasteiger partial charge is 0.416 e. The van der Waals surface area contributed by atoms with Gasteiger partial charge in [-0.15, -0.1) is 5.10 Å². The highest BCUT2D eigenvalue weighted by Gasteiger charge is 2.31. The molecule has 0 saturated heterocycles. The Morgan fingerprint density at radius 1 is 1.12 bits per heavy atom. The van der Waals surface area contributed by atoms with Gasteiger partial charge in [0.25, 0.3) is 11.7 Å². The molecule has 2 aromatic carbocycles. The maximum atomic E-state index is 13.2. The van der Waals surface area contributed by atoms with Gasteiger partial charge < -0.3 is 0 Å². The number of alkyl halides is 3. The van der Waals surface area contributed by atoms with Crippen LogP contribution in [-0.4, -0.2) is 37.5 Å². The SMILES string of the molecule is O=C(CSc1nc2ncccn2n1)N(/N=C/c1ccccc1)c1cccc(C(F)(F)F)c1. The number of nitrogens with zero attached hydrogens (tertiary/aromatic N) is 6. The first-order valence-corrected chi connectivity index (χ1v) is 10.3. The smallest absolute Gasteiger partial charge is 0.272 e. The Balaban J connectivity index is 1.59. The molecule has 0 spiro atoms. The average molecular weight is 456 g/mol. The molecular formula is C21H15F3N6OS. The lowest BCUT2D eigenvalue weighted by molar-refractivity contribution is -0.137. The molecule has 0 aliphatic heterocycles. The van der Waals surface area contributed by atoms with E-state index in [0.717, 1.165) is 28.9 Å². The number of hydrazone groups is 1. The quantitative estimate of drug-likeness (QED) is 0.246. The molecule has 0 saturated carbocycles. The summed E-state index contributed by atoms with van der Waals surface area (Å²) in [4.78, 5) is 21.2. The minimum atomic E-state index is -4.55. The molecule has 0 radical (unpaired) electrons. The highest BCUT2D eigenvalue weighted by atomic mass is 32.2. The summed E-state index contributed by atoms with van der Waals surface area (Å²) in [7, 11) is 0. The number of benzene rings is 2. The van der Waals surface area contributed by atoms with E-state index in [4.69, 9.17) is 0 Å². The van der Waals surface area contributed by atoms with Crippen LogP contribution in [0, 0.1) is 0 Å². The topological polar surface area (TPSA) is 75.8 Å². The molecular weight excluding hydrogens is 441 g/mol. The molecule has 4 rings (SSSR count). The molecule has 32 heavy (non-hydrogen) atoms. The zero-order valence-corrected chi connectivity index (χ0v) is 17.2. The number of rotatable bonds is 6.